The van der Waals surface area contributed by atoms with Gasteiger partial charge in [0.25, 0.3) is 5.56 Å². The third-order valence-electron chi connectivity index (χ3n) is 4.76. The molecule has 1 N–H and O–H groups in total. The standard InChI is InChI=1S/C22H21N3O3S/c1-28-10-5-9-23-19(26)13-17-12-18(15-6-3-2-4-7-15)22(27)25-20(17)21-16(14-24-25)8-11-29-21/h2-4,6-8,11-12,14H,5,9-10,13H2,1H3,(H,23,26). The summed E-state index contributed by atoms with van der Waals surface area (Å²) in [4.78, 5) is 25.7. The van der Waals surface area contributed by atoms with Crippen LogP contribution in [0.2, 0.25) is 0 Å². The highest BCUT2D eigenvalue weighted by Gasteiger charge is 2.17. The molecule has 0 aliphatic rings. The Labute approximate surface area is 171 Å². The van der Waals surface area contributed by atoms with Crippen molar-refractivity contribution in [3.05, 3.63) is 70.0 Å². The predicted molar refractivity (Wildman–Crippen MR) is 115 cm³/mol. The molecular formula is C22H21N3O3S. The third kappa shape index (κ3) is 3.92. The van der Waals surface area contributed by atoms with E-state index in [1.807, 2.05) is 47.8 Å². The zero-order valence-electron chi connectivity index (χ0n) is 16.1. The number of rotatable bonds is 7. The first-order valence-electron chi connectivity index (χ1n) is 9.41. The summed E-state index contributed by atoms with van der Waals surface area (Å²) in [5, 5.41) is 10.2. The molecule has 0 fully saturated rings. The van der Waals surface area contributed by atoms with Gasteiger partial charge in [-0.25, -0.2) is 0 Å². The van der Waals surface area contributed by atoms with E-state index in [0.717, 1.165) is 27.6 Å². The topological polar surface area (TPSA) is 72.7 Å². The minimum atomic E-state index is -0.189. The summed E-state index contributed by atoms with van der Waals surface area (Å²) in [6, 6.07) is 13.3. The van der Waals surface area contributed by atoms with Gasteiger partial charge in [0.15, 0.2) is 0 Å². The second-order valence-electron chi connectivity index (χ2n) is 6.74. The van der Waals surface area contributed by atoms with Gasteiger partial charge in [0.05, 0.1) is 22.8 Å². The van der Waals surface area contributed by atoms with Crippen molar-refractivity contribution < 1.29 is 9.53 Å². The quantitative estimate of drug-likeness (QED) is 0.477. The van der Waals surface area contributed by atoms with Crippen molar-refractivity contribution in [2.24, 2.45) is 0 Å². The third-order valence-corrected chi connectivity index (χ3v) is 5.70. The summed E-state index contributed by atoms with van der Waals surface area (Å²) in [6.45, 7) is 1.15. The first kappa shape index (κ1) is 19.3. The molecule has 0 aliphatic heterocycles. The fourth-order valence-corrected chi connectivity index (χ4v) is 4.32. The lowest BCUT2D eigenvalue weighted by Gasteiger charge is -2.12. The lowest BCUT2D eigenvalue weighted by atomic mass is 10.0. The van der Waals surface area contributed by atoms with E-state index in [2.05, 4.69) is 10.4 Å². The van der Waals surface area contributed by atoms with E-state index in [9.17, 15) is 9.59 Å². The van der Waals surface area contributed by atoms with Gasteiger partial charge in [-0.2, -0.15) is 9.61 Å². The normalized spacial score (nSPS) is 11.2. The highest BCUT2D eigenvalue weighted by atomic mass is 32.1. The number of nitrogens with one attached hydrogen (secondary N) is 1. The number of pyridine rings is 1. The lowest BCUT2D eigenvalue weighted by molar-refractivity contribution is -0.120. The number of hydrogen-bond donors (Lipinski definition) is 1. The number of ether oxygens (including phenoxy) is 1. The van der Waals surface area contributed by atoms with Crippen LogP contribution in [0, 0.1) is 0 Å². The average molecular weight is 407 g/mol. The van der Waals surface area contributed by atoms with Crippen molar-refractivity contribution >= 4 is 32.8 Å². The number of hydrogen-bond acceptors (Lipinski definition) is 5. The molecule has 1 aromatic carbocycles. The number of fused-ring (bicyclic) bond motifs is 3. The van der Waals surface area contributed by atoms with Crippen molar-refractivity contribution in [2.75, 3.05) is 20.3 Å². The fraction of sp³-hybridized carbons (Fsp3) is 0.227. The van der Waals surface area contributed by atoms with Gasteiger partial charge in [0, 0.05) is 31.2 Å². The molecule has 3 aromatic heterocycles. The number of carbonyl (C=O) groups is 1. The van der Waals surface area contributed by atoms with E-state index in [1.165, 1.54) is 4.52 Å². The van der Waals surface area contributed by atoms with E-state index in [-0.39, 0.29) is 17.9 Å². The van der Waals surface area contributed by atoms with Crippen molar-refractivity contribution in [3.8, 4) is 11.1 Å². The number of benzene rings is 1. The Morgan fingerprint density at radius 3 is 2.86 bits per heavy atom. The maximum atomic E-state index is 13.2. The van der Waals surface area contributed by atoms with Gasteiger partial charge in [-0.3, -0.25) is 9.59 Å². The molecule has 0 saturated heterocycles. The van der Waals surface area contributed by atoms with Crippen LogP contribution in [-0.4, -0.2) is 35.8 Å². The lowest BCUT2D eigenvalue weighted by Crippen LogP contribution is -2.28. The van der Waals surface area contributed by atoms with E-state index in [0.29, 0.717) is 24.2 Å². The summed E-state index contributed by atoms with van der Waals surface area (Å²) in [5.41, 5.74) is 2.64. The van der Waals surface area contributed by atoms with Crippen LogP contribution in [0.15, 0.2) is 58.8 Å². The summed E-state index contributed by atoms with van der Waals surface area (Å²) >= 11 is 1.54. The van der Waals surface area contributed by atoms with Crippen LogP contribution < -0.4 is 10.9 Å². The Balaban J connectivity index is 1.82. The molecule has 148 valence electrons. The summed E-state index contributed by atoms with van der Waals surface area (Å²) in [7, 11) is 1.64. The molecule has 0 atom stereocenters. The van der Waals surface area contributed by atoms with E-state index in [1.54, 1.807) is 24.6 Å². The SMILES string of the molecule is COCCCNC(=O)Cc1cc(-c2ccccc2)c(=O)n2ncc3ccsc3c12. The second kappa shape index (κ2) is 8.55. The summed E-state index contributed by atoms with van der Waals surface area (Å²) < 4.78 is 7.40. The number of carbonyl (C=O) groups excluding carboxylic acids is 1. The molecule has 29 heavy (non-hydrogen) atoms. The minimum Gasteiger partial charge on any atom is -0.385 e. The molecule has 3 heterocycles. The van der Waals surface area contributed by atoms with Gasteiger partial charge in [-0.1, -0.05) is 30.3 Å². The smallest absolute Gasteiger partial charge is 0.279 e. The maximum Gasteiger partial charge on any atom is 0.279 e. The van der Waals surface area contributed by atoms with E-state index in [4.69, 9.17) is 4.74 Å². The average Bonchev–Trinajstić information content (AvgIpc) is 3.22. The molecule has 7 heteroatoms. The first-order chi connectivity index (χ1) is 14.2. The highest BCUT2D eigenvalue weighted by Crippen LogP contribution is 2.28. The Hall–Kier alpha value is -3.03. The van der Waals surface area contributed by atoms with Crippen LogP contribution >= 0.6 is 11.3 Å². The number of amides is 1. The fourth-order valence-electron chi connectivity index (χ4n) is 3.38. The number of methoxy groups -OCH3 is 1. The molecule has 1 amide bonds. The Morgan fingerprint density at radius 1 is 1.24 bits per heavy atom. The van der Waals surface area contributed by atoms with Crippen LogP contribution in [0.1, 0.15) is 12.0 Å². The van der Waals surface area contributed by atoms with Gasteiger partial charge >= 0.3 is 0 Å². The molecule has 4 aromatic rings. The monoisotopic (exact) mass is 407 g/mol. The molecule has 0 bridgehead atoms. The van der Waals surface area contributed by atoms with E-state index >= 15 is 0 Å². The van der Waals surface area contributed by atoms with E-state index < -0.39 is 0 Å². The molecule has 0 unspecified atom stereocenters. The highest BCUT2D eigenvalue weighted by molar-refractivity contribution is 7.18. The molecule has 0 saturated carbocycles. The number of nitrogens with zero attached hydrogens (tertiary/aromatic N) is 2. The van der Waals surface area contributed by atoms with Gasteiger partial charge in [0.2, 0.25) is 5.91 Å². The van der Waals surface area contributed by atoms with Crippen LogP contribution in [0.3, 0.4) is 0 Å². The van der Waals surface area contributed by atoms with Gasteiger partial charge < -0.3 is 10.1 Å². The van der Waals surface area contributed by atoms with Crippen molar-refractivity contribution in [1.29, 1.82) is 0 Å². The molecular weight excluding hydrogens is 386 g/mol. The first-order valence-corrected chi connectivity index (χ1v) is 10.3. The van der Waals surface area contributed by atoms with Crippen molar-refractivity contribution in [1.82, 2.24) is 14.9 Å². The van der Waals surface area contributed by atoms with Gasteiger partial charge in [0.1, 0.15) is 0 Å². The van der Waals surface area contributed by atoms with Crippen molar-refractivity contribution in [3.63, 3.8) is 0 Å². The zero-order valence-corrected chi connectivity index (χ0v) is 16.9. The second-order valence-corrected chi connectivity index (χ2v) is 7.65. The molecule has 6 nitrogen and oxygen atoms in total. The van der Waals surface area contributed by atoms with Crippen LogP contribution in [0.25, 0.3) is 26.7 Å². The summed E-state index contributed by atoms with van der Waals surface area (Å²) in [5.74, 6) is -0.0887. The summed E-state index contributed by atoms with van der Waals surface area (Å²) in [6.07, 6.45) is 2.63. The van der Waals surface area contributed by atoms with Gasteiger partial charge in [-0.05, 0) is 35.1 Å². The molecule has 0 radical (unpaired) electrons. The van der Waals surface area contributed by atoms with Crippen LogP contribution in [0.5, 0.6) is 0 Å². The predicted octanol–water partition coefficient (Wildman–Crippen LogP) is 3.27. The number of thiophene rings is 1. The molecule has 0 spiro atoms. The minimum absolute atomic E-state index is 0.0887. The van der Waals surface area contributed by atoms with Crippen molar-refractivity contribution in [2.45, 2.75) is 12.8 Å². The van der Waals surface area contributed by atoms with Gasteiger partial charge in [-0.15, -0.1) is 11.3 Å². The largest absolute Gasteiger partial charge is 0.385 e. The maximum absolute atomic E-state index is 13.2. The zero-order chi connectivity index (χ0) is 20.2. The van der Waals surface area contributed by atoms with Crippen LogP contribution in [-0.2, 0) is 16.0 Å². The molecule has 4 rings (SSSR count). The Bertz CT molecular complexity index is 1210. The Kier molecular flexibility index (Phi) is 5.69. The molecule has 0 aliphatic carbocycles. The number of aromatic nitrogens is 2. The Morgan fingerprint density at radius 2 is 2.07 bits per heavy atom. The van der Waals surface area contributed by atoms with Crippen LogP contribution in [0.4, 0.5) is 0 Å².